The molecule has 128 valence electrons. The standard InChI is InChI=1S/C22H20N4/c1-2-22(12-6-3-7-13-22)24-21-19-9-5-4-8-18(19)20(25-26-21)16-17-10-14-23-15-11-17/h2-12,14-15H,1,13,16H2,(H,24,26)/t22-/m0/s1. The Kier molecular flexibility index (Phi) is 4.32. The topological polar surface area (TPSA) is 50.7 Å². The van der Waals surface area contributed by atoms with E-state index in [1.165, 1.54) is 5.56 Å². The van der Waals surface area contributed by atoms with E-state index in [1.54, 1.807) is 12.4 Å². The smallest absolute Gasteiger partial charge is 0.157 e. The Bertz CT molecular complexity index is 991. The molecule has 0 saturated carbocycles. The van der Waals surface area contributed by atoms with E-state index >= 15 is 0 Å². The number of benzene rings is 1. The normalized spacial score (nSPS) is 18.8. The minimum Gasteiger partial charge on any atom is -0.355 e. The summed E-state index contributed by atoms with van der Waals surface area (Å²) < 4.78 is 0. The summed E-state index contributed by atoms with van der Waals surface area (Å²) in [5.74, 6) is 0.777. The van der Waals surface area contributed by atoms with Gasteiger partial charge in [-0.25, -0.2) is 0 Å². The average molecular weight is 340 g/mol. The monoisotopic (exact) mass is 340 g/mol. The average Bonchev–Trinajstić information content (AvgIpc) is 2.71. The summed E-state index contributed by atoms with van der Waals surface area (Å²) in [5.41, 5.74) is 1.80. The van der Waals surface area contributed by atoms with E-state index in [2.05, 4.69) is 51.4 Å². The highest BCUT2D eigenvalue weighted by atomic mass is 15.2. The first-order valence-corrected chi connectivity index (χ1v) is 8.69. The van der Waals surface area contributed by atoms with Crippen LogP contribution in [0.5, 0.6) is 0 Å². The second-order valence-corrected chi connectivity index (χ2v) is 6.43. The van der Waals surface area contributed by atoms with Crippen molar-refractivity contribution in [2.75, 3.05) is 5.32 Å². The van der Waals surface area contributed by atoms with Crippen molar-refractivity contribution in [2.45, 2.75) is 18.4 Å². The first-order chi connectivity index (χ1) is 12.8. The molecule has 1 N–H and O–H groups in total. The second kappa shape index (κ2) is 6.92. The number of anilines is 1. The Morgan fingerprint density at radius 3 is 2.58 bits per heavy atom. The molecule has 3 aromatic rings. The molecule has 0 spiro atoms. The van der Waals surface area contributed by atoms with Crippen LogP contribution < -0.4 is 5.32 Å². The molecule has 0 bridgehead atoms. The van der Waals surface area contributed by atoms with Gasteiger partial charge in [-0.2, -0.15) is 5.10 Å². The van der Waals surface area contributed by atoms with Gasteiger partial charge in [-0.05, 0) is 24.1 Å². The number of allylic oxidation sites excluding steroid dienone is 2. The Morgan fingerprint density at radius 1 is 1.04 bits per heavy atom. The van der Waals surface area contributed by atoms with Crippen LogP contribution in [0.25, 0.3) is 10.8 Å². The fraction of sp³-hybridized carbons (Fsp3) is 0.136. The van der Waals surface area contributed by atoms with Crippen molar-refractivity contribution in [3.63, 3.8) is 0 Å². The molecule has 26 heavy (non-hydrogen) atoms. The maximum absolute atomic E-state index is 4.52. The number of hydrogen-bond donors (Lipinski definition) is 1. The summed E-state index contributed by atoms with van der Waals surface area (Å²) in [4.78, 5) is 4.08. The molecule has 0 radical (unpaired) electrons. The highest BCUT2D eigenvalue weighted by Gasteiger charge is 2.24. The quantitative estimate of drug-likeness (QED) is 0.696. The third-order valence-electron chi connectivity index (χ3n) is 4.70. The summed E-state index contributed by atoms with van der Waals surface area (Å²) in [6.07, 6.45) is 15.4. The number of nitrogens with one attached hydrogen (secondary N) is 1. The third-order valence-corrected chi connectivity index (χ3v) is 4.70. The van der Waals surface area contributed by atoms with E-state index < -0.39 is 0 Å². The predicted molar refractivity (Wildman–Crippen MR) is 106 cm³/mol. The van der Waals surface area contributed by atoms with Crippen molar-refractivity contribution in [3.05, 3.63) is 97.0 Å². The van der Waals surface area contributed by atoms with Gasteiger partial charge < -0.3 is 5.32 Å². The van der Waals surface area contributed by atoms with Gasteiger partial charge in [0.2, 0.25) is 0 Å². The van der Waals surface area contributed by atoms with E-state index in [9.17, 15) is 0 Å². The lowest BCUT2D eigenvalue weighted by Gasteiger charge is -2.30. The van der Waals surface area contributed by atoms with Crippen molar-refractivity contribution in [1.82, 2.24) is 15.2 Å². The van der Waals surface area contributed by atoms with Crippen molar-refractivity contribution in [1.29, 1.82) is 0 Å². The Hall–Kier alpha value is -3.27. The fourth-order valence-electron chi connectivity index (χ4n) is 3.23. The maximum atomic E-state index is 4.52. The van der Waals surface area contributed by atoms with E-state index in [1.807, 2.05) is 42.5 Å². The lowest BCUT2D eigenvalue weighted by molar-refractivity contribution is 0.709. The summed E-state index contributed by atoms with van der Waals surface area (Å²) in [6, 6.07) is 12.3. The highest BCUT2D eigenvalue weighted by Crippen LogP contribution is 2.29. The second-order valence-electron chi connectivity index (χ2n) is 6.43. The molecule has 0 saturated heterocycles. The SMILES string of the molecule is C=C[C@]1(Nc2nnc(Cc3ccncc3)c3ccccc23)C=CC=CC1. The van der Waals surface area contributed by atoms with Crippen molar-refractivity contribution in [2.24, 2.45) is 0 Å². The predicted octanol–water partition coefficient (Wildman–Crippen LogP) is 4.47. The molecule has 2 heterocycles. The summed E-state index contributed by atoms with van der Waals surface area (Å²) in [5, 5.41) is 14.7. The van der Waals surface area contributed by atoms with Gasteiger partial charge in [0, 0.05) is 29.6 Å². The zero-order valence-electron chi connectivity index (χ0n) is 14.5. The molecule has 2 aromatic heterocycles. The molecule has 1 aliphatic carbocycles. The molecule has 0 amide bonds. The van der Waals surface area contributed by atoms with Gasteiger partial charge >= 0.3 is 0 Å². The van der Waals surface area contributed by atoms with E-state index in [0.717, 1.165) is 35.1 Å². The lowest BCUT2D eigenvalue weighted by Crippen LogP contribution is -2.34. The minimum atomic E-state index is -0.335. The highest BCUT2D eigenvalue weighted by molar-refractivity contribution is 5.93. The summed E-state index contributed by atoms with van der Waals surface area (Å²) in [6.45, 7) is 4.00. The van der Waals surface area contributed by atoms with Crippen LogP contribution in [0.4, 0.5) is 5.82 Å². The van der Waals surface area contributed by atoms with Crippen LogP contribution in [-0.4, -0.2) is 20.7 Å². The molecule has 4 heteroatoms. The minimum absolute atomic E-state index is 0.335. The van der Waals surface area contributed by atoms with Crippen LogP contribution in [0.15, 0.2) is 85.8 Å². The number of hydrogen-bond acceptors (Lipinski definition) is 4. The first-order valence-electron chi connectivity index (χ1n) is 8.69. The zero-order chi connectivity index (χ0) is 17.8. The molecular weight excluding hydrogens is 320 g/mol. The molecule has 4 nitrogen and oxygen atoms in total. The van der Waals surface area contributed by atoms with Crippen LogP contribution in [0, 0.1) is 0 Å². The fourth-order valence-corrected chi connectivity index (χ4v) is 3.23. The summed E-state index contributed by atoms with van der Waals surface area (Å²) >= 11 is 0. The van der Waals surface area contributed by atoms with Crippen molar-refractivity contribution in [3.8, 4) is 0 Å². The molecule has 0 fully saturated rings. The Labute approximate surface area is 153 Å². The van der Waals surface area contributed by atoms with Crippen LogP contribution >= 0.6 is 0 Å². The van der Waals surface area contributed by atoms with Crippen LogP contribution in [-0.2, 0) is 6.42 Å². The Balaban J connectivity index is 1.74. The Morgan fingerprint density at radius 2 is 1.85 bits per heavy atom. The van der Waals surface area contributed by atoms with Gasteiger partial charge in [0.05, 0.1) is 11.2 Å². The molecule has 1 aromatic carbocycles. The van der Waals surface area contributed by atoms with Crippen molar-refractivity contribution < 1.29 is 0 Å². The van der Waals surface area contributed by atoms with E-state index in [-0.39, 0.29) is 5.54 Å². The van der Waals surface area contributed by atoms with Crippen LogP contribution in [0.2, 0.25) is 0 Å². The largest absolute Gasteiger partial charge is 0.355 e. The number of fused-ring (bicyclic) bond motifs is 1. The van der Waals surface area contributed by atoms with E-state index in [4.69, 9.17) is 0 Å². The summed E-state index contributed by atoms with van der Waals surface area (Å²) in [7, 11) is 0. The van der Waals surface area contributed by atoms with Gasteiger partial charge in [0.15, 0.2) is 5.82 Å². The molecule has 1 atom stereocenters. The van der Waals surface area contributed by atoms with Crippen molar-refractivity contribution >= 4 is 16.6 Å². The third kappa shape index (κ3) is 3.14. The van der Waals surface area contributed by atoms with Crippen LogP contribution in [0.1, 0.15) is 17.7 Å². The van der Waals surface area contributed by atoms with Gasteiger partial charge in [0.25, 0.3) is 0 Å². The lowest BCUT2D eigenvalue weighted by atomic mass is 9.91. The number of rotatable bonds is 5. The van der Waals surface area contributed by atoms with E-state index in [0.29, 0.717) is 0 Å². The van der Waals surface area contributed by atoms with Gasteiger partial charge in [0.1, 0.15) is 0 Å². The molecular formula is C22H20N4. The molecule has 4 rings (SSSR count). The number of nitrogens with zero attached hydrogens (tertiary/aromatic N) is 3. The van der Waals surface area contributed by atoms with Gasteiger partial charge in [-0.1, -0.05) is 54.6 Å². The number of aromatic nitrogens is 3. The first kappa shape index (κ1) is 16.2. The molecule has 0 unspecified atom stereocenters. The molecule has 1 aliphatic rings. The maximum Gasteiger partial charge on any atom is 0.157 e. The van der Waals surface area contributed by atoms with Gasteiger partial charge in [-0.15, -0.1) is 11.7 Å². The number of pyridine rings is 1. The zero-order valence-corrected chi connectivity index (χ0v) is 14.5. The van der Waals surface area contributed by atoms with Crippen LogP contribution in [0.3, 0.4) is 0 Å². The van der Waals surface area contributed by atoms with Gasteiger partial charge in [-0.3, -0.25) is 4.98 Å². The molecule has 0 aliphatic heterocycles.